The number of rotatable bonds is 9. The molecule has 53 heavy (non-hydrogen) atoms. The van der Waals surface area contributed by atoms with Crippen molar-refractivity contribution >= 4 is 31.4 Å². The number of halogens is 1. The van der Waals surface area contributed by atoms with Crippen LogP contribution < -0.4 is 29.9 Å². The first kappa shape index (κ1) is 36.1. The van der Waals surface area contributed by atoms with Gasteiger partial charge in [0.15, 0.2) is 0 Å². The minimum Gasteiger partial charge on any atom is -0.371 e. The van der Waals surface area contributed by atoms with Gasteiger partial charge in [-0.1, -0.05) is 36.4 Å². The summed E-state index contributed by atoms with van der Waals surface area (Å²) >= 11 is 0. The quantitative estimate of drug-likeness (QED) is 0.193. The lowest BCUT2D eigenvalue weighted by Crippen LogP contribution is -2.45. The molecule has 0 aromatic heterocycles. The first-order valence-electron chi connectivity index (χ1n) is 18.7. The van der Waals surface area contributed by atoms with Crippen LogP contribution in [0.4, 0.5) is 15.8 Å². The van der Waals surface area contributed by atoms with Crippen LogP contribution in [0.2, 0.25) is 0 Å². The zero-order valence-electron chi connectivity index (χ0n) is 29.7. The van der Waals surface area contributed by atoms with Crippen LogP contribution in [-0.4, -0.2) is 61.6 Å². The lowest BCUT2D eigenvalue weighted by molar-refractivity contribution is 0.455. The Morgan fingerprint density at radius 3 is 1.92 bits per heavy atom. The molecule has 13 heteroatoms. The topological polar surface area (TPSA) is 123 Å². The van der Waals surface area contributed by atoms with Crippen molar-refractivity contribution in [1.29, 1.82) is 0 Å². The molecule has 4 aliphatic rings. The lowest BCUT2D eigenvalue weighted by Gasteiger charge is -2.38. The maximum absolute atomic E-state index is 13.4. The largest absolute Gasteiger partial charge is 0.371 e. The molecule has 0 aliphatic carbocycles. The monoisotopic (exact) mass is 758 g/mol. The Labute approximate surface area is 312 Å². The standard InChI is InChI=1S/C40H47FN6O4S2/c41-31-9-11-35(12-10-31)53(50,51)45-33-16-21-47(22-17-33)40-24-29(23-30-26-42-18-13-36(30)40)38-25-37-28(27-43-38)5-4-8-39(37)46-19-14-32(15-20-46)44-52(48,49)34-6-2-1-3-7-34/h1-12,23-24,32-33,38,42-45H,13-22,25-27H2. The van der Waals surface area contributed by atoms with Crippen LogP contribution in [0.5, 0.6) is 0 Å². The zero-order chi connectivity index (χ0) is 36.6. The average Bonchev–Trinajstić information content (AvgIpc) is 3.18. The zero-order valence-corrected chi connectivity index (χ0v) is 31.4. The molecule has 2 fully saturated rings. The fourth-order valence-corrected chi connectivity index (χ4v) is 11.1. The molecule has 0 radical (unpaired) electrons. The highest BCUT2D eigenvalue weighted by atomic mass is 32.2. The fourth-order valence-electron chi connectivity index (χ4n) is 8.43. The second-order valence-corrected chi connectivity index (χ2v) is 18.1. The SMILES string of the molecule is O=S(=O)(NC1CCN(c2cc(C3Cc4c(cccc4N4CCC(NS(=O)(=O)c5ccccc5)CC4)CN3)cc3c2CCNC3)CC1)c1ccc(F)cc1. The van der Waals surface area contributed by atoms with Crippen LogP contribution in [0.15, 0.2) is 94.7 Å². The Balaban J connectivity index is 0.960. The minimum atomic E-state index is -3.73. The van der Waals surface area contributed by atoms with Gasteiger partial charge in [-0.2, -0.15) is 0 Å². The van der Waals surface area contributed by atoms with Crippen molar-refractivity contribution in [3.8, 4) is 0 Å². The molecule has 10 nitrogen and oxygen atoms in total. The van der Waals surface area contributed by atoms with E-state index in [9.17, 15) is 21.2 Å². The van der Waals surface area contributed by atoms with E-state index in [0.717, 1.165) is 71.5 Å². The normalized spacial score (nSPS) is 20.2. The molecule has 2 saturated heterocycles. The second-order valence-electron chi connectivity index (χ2n) is 14.7. The van der Waals surface area contributed by atoms with Crippen LogP contribution in [-0.2, 0) is 46.0 Å². The van der Waals surface area contributed by atoms with E-state index in [0.29, 0.717) is 17.7 Å². The van der Waals surface area contributed by atoms with Crippen LogP contribution >= 0.6 is 0 Å². The van der Waals surface area contributed by atoms with Gasteiger partial charge in [0.05, 0.1) is 9.79 Å². The second kappa shape index (κ2) is 15.1. The van der Waals surface area contributed by atoms with Crippen LogP contribution in [0.25, 0.3) is 0 Å². The molecule has 0 saturated carbocycles. The summed E-state index contributed by atoms with van der Waals surface area (Å²) in [6.07, 6.45) is 4.64. The van der Waals surface area contributed by atoms with Crippen LogP contribution in [0.3, 0.4) is 0 Å². The number of nitrogens with zero attached hydrogens (tertiary/aromatic N) is 2. The van der Waals surface area contributed by atoms with E-state index in [1.54, 1.807) is 24.3 Å². The number of nitrogens with one attached hydrogen (secondary N) is 4. The Kier molecular flexibility index (Phi) is 10.3. The van der Waals surface area contributed by atoms with Gasteiger partial charge in [-0.15, -0.1) is 0 Å². The molecule has 0 bridgehead atoms. The third-order valence-corrected chi connectivity index (χ3v) is 14.4. The number of hydrogen-bond acceptors (Lipinski definition) is 8. The lowest BCUT2D eigenvalue weighted by atomic mass is 9.86. The van der Waals surface area contributed by atoms with Crippen molar-refractivity contribution in [1.82, 2.24) is 20.1 Å². The Morgan fingerprint density at radius 2 is 1.26 bits per heavy atom. The van der Waals surface area contributed by atoms with Crippen molar-refractivity contribution in [3.05, 3.63) is 119 Å². The molecule has 4 aromatic rings. The summed E-state index contributed by atoms with van der Waals surface area (Å²) < 4.78 is 71.2. The minimum absolute atomic E-state index is 0.0797. The highest BCUT2D eigenvalue weighted by molar-refractivity contribution is 7.89. The van der Waals surface area contributed by atoms with E-state index in [-0.39, 0.29) is 23.0 Å². The Morgan fingerprint density at radius 1 is 0.642 bits per heavy atom. The molecule has 4 heterocycles. The Hall–Kier alpha value is -3.85. The third kappa shape index (κ3) is 7.87. The van der Waals surface area contributed by atoms with Crippen LogP contribution in [0, 0.1) is 5.82 Å². The summed E-state index contributed by atoms with van der Waals surface area (Å²) in [4.78, 5) is 5.23. The van der Waals surface area contributed by atoms with Gasteiger partial charge in [-0.3, -0.25) is 0 Å². The van der Waals surface area contributed by atoms with Crippen LogP contribution in [0.1, 0.15) is 59.5 Å². The molecule has 1 atom stereocenters. The highest BCUT2D eigenvalue weighted by Gasteiger charge is 2.31. The number of sulfonamides is 2. The molecule has 8 rings (SSSR count). The van der Waals surface area contributed by atoms with E-state index < -0.39 is 25.9 Å². The van der Waals surface area contributed by atoms with Crippen molar-refractivity contribution in [3.63, 3.8) is 0 Å². The van der Waals surface area contributed by atoms with Gasteiger partial charge in [0, 0.05) is 68.8 Å². The third-order valence-electron chi connectivity index (χ3n) is 11.3. The summed E-state index contributed by atoms with van der Waals surface area (Å²) in [5, 5.41) is 7.38. The van der Waals surface area contributed by atoms with Crippen molar-refractivity contribution in [2.75, 3.05) is 42.5 Å². The summed E-state index contributed by atoms with van der Waals surface area (Å²) in [5.41, 5.74) is 9.10. The molecule has 4 N–H and O–H groups in total. The van der Waals surface area contributed by atoms with Gasteiger partial charge in [-0.25, -0.2) is 30.7 Å². The van der Waals surface area contributed by atoms with Gasteiger partial charge in [0.25, 0.3) is 0 Å². The summed E-state index contributed by atoms with van der Waals surface area (Å²) in [6, 6.07) is 24.7. The summed E-state index contributed by atoms with van der Waals surface area (Å²) in [7, 11) is -7.29. The molecule has 280 valence electrons. The number of hydrogen-bond donors (Lipinski definition) is 4. The molecule has 0 spiro atoms. The summed E-state index contributed by atoms with van der Waals surface area (Å²) in [5.74, 6) is -0.463. The molecule has 4 aromatic carbocycles. The summed E-state index contributed by atoms with van der Waals surface area (Å²) in [6.45, 7) is 5.55. The number of anilines is 2. The van der Waals surface area contributed by atoms with E-state index in [4.69, 9.17) is 0 Å². The van der Waals surface area contributed by atoms with E-state index in [1.165, 1.54) is 63.5 Å². The molecular formula is C40H47FN6O4S2. The number of piperidine rings is 2. The van der Waals surface area contributed by atoms with Crippen molar-refractivity contribution in [2.45, 2.75) is 79.5 Å². The van der Waals surface area contributed by atoms with Gasteiger partial charge in [-0.05, 0) is 121 Å². The van der Waals surface area contributed by atoms with Crippen molar-refractivity contribution in [2.24, 2.45) is 0 Å². The van der Waals surface area contributed by atoms with Gasteiger partial charge in [0.2, 0.25) is 20.0 Å². The van der Waals surface area contributed by atoms with Crippen molar-refractivity contribution < 1.29 is 21.2 Å². The van der Waals surface area contributed by atoms with Gasteiger partial charge >= 0.3 is 0 Å². The molecule has 1 unspecified atom stereocenters. The van der Waals surface area contributed by atoms with E-state index in [1.807, 2.05) is 6.07 Å². The number of fused-ring (bicyclic) bond motifs is 2. The maximum Gasteiger partial charge on any atom is 0.240 e. The number of benzene rings is 4. The first-order valence-corrected chi connectivity index (χ1v) is 21.7. The fraction of sp³-hybridized carbons (Fsp3) is 0.400. The Bertz CT molecular complexity index is 2150. The highest BCUT2D eigenvalue weighted by Crippen LogP contribution is 2.38. The average molecular weight is 759 g/mol. The molecular weight excluding hydrogens is 712 g/mol. The first-order chi connectivity index (χ1) is 25.6. The van der Waals surface area contributed by atoms with Gasteiger partial charge in [0.1, 0.15) is 5.82 Å². The van der Waals surface area contributed by atoms with E-state index in [2.05, 4.69) is 60.2 Å². The smallest absolute Gasteiger partial charge is 0.240 e. The van der Waals surface area contributed by atoms with E-state index >= 15 is 0 Å². The predicted octanol–water partition coefficient (Wildman–Crippen LogP) is 4.75. The maximum atomic E-state index is 13.4. The molecule has 0 amide bonds. The molecule has 4 aliphatic heterocycles. The van der Waals surface area contributed by atoms with Gasteiger partial charge < -0.3 is 20.4 Å². The predicted molar refractivity (Wildman–Crippen MR) is 206 cm³/mol.